The molecule has 156 valence electrons. The minimum atomic E-state index is -0.00118. The number of carbonyl (C=O) groups excluding carboxylic acids is 2. The van der Waals surface area contributed by atoms with Crippen LogP contribution in [-0.2, 0) is 4.79 Å². The number of amides is 2. The lowest BCUT2D eigenvalue weighted by Gasteiger charge is -2.47. The molecule has 3 aromatic rings. The van der Waals surface area contributed by atoms with Crippen LogP contribution in [0, 0.1) is 0 Å². The van der Waals surface area contributed by atoms with Crippen molar-refractivity contribution in [2.45, 2.75) is 6.04 Å². The van der Waals surface area contributed by atoms with Gasteiger partial charge in [0.2, 0.25) is 11.9 Å². The molecule has 0 N–H and O–H groups in total. The topological polar surface area (TPSA) is 69.6 Å². The monoisotopic (exact) mass is 413 g/mol. The number of nitrogens with zero attached hydrogens (tertiary/aromatic N) is 5. The van der Waals surface area contributed by atoms with Crippen molar-refractivity contribution in [1.82, 2.24) is 19.8 Å². The van der Waals surface area contributed by atoms with Crippen molar-refractivity contribution in [1.29, 1.82) is 0 Å². The van der Waals surface area contributed by atoms with Gasteiger partial charge in [-0.2, -0.15) is 0 Å². The zero-order valence-electron chi connectivity index (χ0n) is 17.1. The van der Waals surface area contributed by atoms with Gasteiger partial charge in [-0.3, -0.25) is 19.4 Å². The van der Waals surface area contributed by atoms with Crippen molar-refractivity contribution in [2.75, 3.05) is 37.6 Å². The molecule has 0 aliphatic carbocycles. The highest BCUT2D eigenvalue weighted by molar-refractivity contribution is 5.96. The van der Waals surface area contributed by atoms with E-state index in [1.807, 2.05) is 47.4 Å². The van der Waals surface area contributed by atoms with E-state index in [9.17, 15) is 9.59 Å². The summed E-state index contributed by atoms with van der Waals surface area (Å²) in [4.78, 5) is 39.4. The number of rotatable bonds is 4. The zero-order chi connectivity index (χ0) is 21.2. The highest BCUT2D eigenvalue weighted by atomic mass is 16.2. The van der Waals surface area contributed by atoms with Gasteiger partial charge in [-0.25, -0.2) is 9.97 Å². The lowest BCUT2D eigenvalue weighted by atomic mass is 10.0. The van der Waals surface area contributed by atoms with Gasteiger partial charge in [0.05, 0.1) is 6.54 Å². The second kappa shape index (κ2) is 8.28. The molecule has 2 aliphatic heterocycles. The van der Waals surface area contributed by atoms with E-state index < -0.39 is 0 Å². The van der Waals surface area contributed by atoms with Gasteiger partial charge in [-0.15, -0.1) is 0 Å². The molecule has 1 aromatic heterocycles. The van der Waals surface area contributed by atoms with Crippen LogP contribution < -0.4 is 4.90 Å². The van der Waals surface area contributed by atoms with Gasteiger partial charge in [0, 0.05) is 50.2 Å². The molecule has 2 fully saturated rings. The van der Waals surface area contributed by atoms with Gasteiger partial charge in [-0.1, -0.05) is 42.5 Å². The molecule has 0 saturated carbocycles. The molecule has 0 bridgehead atoms. The summed E-state index contributed by atoms with van der Waals surface area (Å²) < 4.78 is 0. The quantitative estimate of drug-likeness (QED) is 0.657. The van der Waals surface area contributed by atoms with Crippen molar-refractivity contribution in [2.24, 2.45) is 0 Å². The van der Waals surface area contributed by atoms with E-state index in [4.69, 9.17) is 0 Å². The Hall–Kier alpha value is -3.58. The maximum atomic E-state index is 12.8. The van der Waals surface area contributed by atoms with Crippen LogP contribution in [0.5, 0.6) is 0 Å². The number of likely N-dealkylation sites (tertiary alicyclic amines) is 1. The Kier molecular flexibility index (Phi) is 5.18. The van der Waals surface area contributed by atoms with Crippen LogP contribution in [-0.4, -0.2) is 70.3 Å². The van der Waals surface area contributed by atoms with E-state index in [-0.39, 0.29) is 17.9 Å². The number of carbonyl (C=O) groups is 2. The standard InChI is InChI=1S/C24H23N5O2/c30-22-17-27(13-14-29(22)24-25-11-4-12-26-24)21-15-28(16-21)23(31)20-9-7-19(8-10-20)18-5-2-1-3-6-18/h1-12,21H,13-17H2. The van der Waals surface area contributed by atoms with Crippen molar-refractivity contribution >= 4 is 17.8 Å². The number of piperazine rings is 1. The summed E-state index contributed by atoms with van der Waals surface area (Å²) in [5.74, 6) is 0.494. The third-order valence-electron chi connectivity index (χ3n) is 5.95. The number of anilines is 1. The van der Waals surface area contributed by atoms with Gasteiger partial charge in [0.25, 0.3) is 5.91 Å². The molecule has 0 radical (unpaired) electrons. The van der Waals surface area contributed by atoms with Crippen LogP contribution in [0.15, 0.2) is 73.1 Å². The fraction of sp³-hybridized carbons (Fsp3) is 0.250. The molecule has 31 heavy (non-hydrogen) atoms. The molecular weight excluding hydrogens is 390 g/mol. The average Bonchev–Trinajstić information content (AvgIpc) is 2.79. The van der Waals surface area contributed by atoms with E-state index in [0.29, 0.717) is 37.7 Å². The highest BCUT2D eigenvalue weighted by Gasteiger charge is 2.38. The van der Waals surface area contributed by atoms with Crippen molar-refractivity contribution in [3.63, 3.8) is 0 Å². The molecule has 2 saturated heterocycles. The number of hydrogen-bond acceptors (Lipinski definition) is 5. The van der Waals surface area contributed by atoms with Crippen LogP contribution in [0.2, 0.25) is 0 Å². The van der Waals surface area contributed by atoms with Crippen LogP contribution in [0.1, 0.15) is 10.4 Å². The van der Waals surface area contributed by atoms with Gasteiger partial charge < -0.3 is 4.90 Å². The lowest BCUT2D eigenvalue weighted by Crippen LogP contribution is -2.65. The van der Waals surface area contributed by atoms with Crippen molar-refractivity contribution in [3.05, 3.63) is 78.6 Å². The third kappa shape index (κ3) is 3.92. The Balaban J connectivity index is 1.16. The van der Waals surface area contributed by atoms with Crippen LogP contribution in [0.25, 0.3) is 11.1 Å². The molecule has 0 spiro atoms. The summed E-state index contributed by atoms with van der Waals surface area (Å²) in [5, 5.41) is 0. The second-order valence-corrected chi connectivity index (χ2v) is 7.87. The highest BCUT2D eigenvalue weighted by Crippen LogP contribution is 2.23. The van der Waals surface area contributed by atoms with E-state index in [1.54, 1.807) is 23.4 Å². The van der Waals surface area contributed by atoms with Gasteiger partial charge in [-0.05, 0) is 29.3 Å². The SMILES string of the molecule is O=C(c1ccc(-c2ccccc2)cc1)N1CC(N2CCN(c3ncccn3)C(=O)C2)C1. The van der Waals surface area contributed by atoms with E-state index >= 15 is 0 Å². The first kappa shape index (κ1) is 19.4. The van der Waals surface area contributed by atoms with E-state index in [2.05, 4.69) is 27.0 Å². The molecule has 7 nitrogen and oxygen atoms in total. The average molecular weight is 413 g/mol. The first-order valence-corrected chi connectivity index (χ1v) is 10.5. The Morgan fingerprint density at radius 3 is 2.19 bits per heavy atom. The maximum absolute atomic E-state index is 12.8. The number of aromatic nitrogens is 2. The first-order chi connectivity index (χ1) is 15.2. The smallest absolute Gasteiger partial charge is 0.253 e. The Bertz CT molecular complexity index is 1070. The van der Waals surface area contributed by atoms with Crippen LogP contribution >= 0.6 is 0 Å². The van der Waals surface area contributed by atoms with E-state index in [1.165, 1.54) is 0 Å². The molecule has 3 heterocycles. The number of benzene rings is 2. The molecule has 2 aliphatic rings. The summed E-state index contributed by atoms with van der Waals surface area (Å²) in [6.07, 6.45) is 3.29. The summed E-state index contributed by atoms with van der Waals surface area (Å²) in [7, 11) is 0. The summed E-state index contributed by atoms with van der Waals surface area (Å²) in [6, 6.07) is 19.8. The fourth-order valence-electron chi connectivity index (χ4n) is 4.12. The van der Waals surface area contributed by atoms with Crippen LogP contribution in [0.3, 0.4) is 0 Å². The zero-order valence-corrected chi connectivity index (χ0v) is 17.1. The molecule has 5 rings (SSSR count). The first-order valence-electron chi connectivity index (χ1n) is 10.5. The molecule has 7 heteroatoms. The predicted octanol–water partition coefficient (Wildman–Crippen LogP) is 2.32. The summed E-state index contributed by atoms with van der Waals surface area (Å²) in [6.45, 7) is 2.94. The summed E-state index contributed by atoms with van der Waals surface area (Å²) in [5.41, 5.74) is 2.92. The Morgan fingerprint density at radius 1 is 0.839 bits per heavy atom. The molecule has 0 atom stereocenters. The normalized spacial score (nSPS) is 17.5. The van der Waals surface area contributed by atoms with Gasteiger partial charge >= 0.3 is 0 Å². The van der Waals surface area contributed by atoms with Crippen LogP contribution in [0.4, 0.5) is 5.95 Å². The van der Waals surface area contributed by atoms with E-state index in [0.717, 1.165) is 17.7 Å². The fourth-order valence-corrected chi connectivity index (χ4v) is 4.12. The minimum absolute atomic E-state index is 0.00118. The lowest BCUT2D eigenvalue weighted by molar-refractivity contribution is -0.123. The Labute approximate surface area is 180 Å². The molecule has 2 aromatic carbocycles. The predicted molar refractivity (Wildman–Crippen MR) is 118 cm³/mol. The number of hydrogen-bond donors (Lipinski definition) is 0. The Morgan fingerprint density at radius 2 is 1.52 bits per heavy atom. The third-order valence-corrected chi connectivity index (χ3v) is 5.95. The molecule has 2 amide bonds. The largest absolute Gasteiger partial charge is 0.335 e. The van der Waals surface area contributed by atoms with Gasteiger partial charge in [0.1, 0.15) is 0 Å². The molecule has 0 unspecified atom stereocenters. The van der Waals surface area contributed by atoms with Gasteiger partial charge in [0.15, 0.2) is 0 Å². The summed E-state index contributed by atoms with van der Waals surface area (Å²) >= 11 is 0. The van der Waals surface area contributed by atoms with Crippen molar-refractivity contribution < 1.29 is 9.59 Å². The van der Waals surface area contributed by atoms with Crippen molar-refractivity contribution in [3.8, 4) is 11.1 Å². The minimum Gasteiger partial charge on any atom is -0.335 e. The second-order valence-electron chi connectivity index (χ2n) is 7.87. The molecular formula is C24H23N5O2. The maximum Gasteiger partial charge on any atom is 0.253 e.